The molecule has 6 nitrogen and oxygen atoms in total. The van der Waals surface area contributed by atoms with Gasteiger partial charge < -0.3 is 18.9 Å². The van der Waals surface area contributed by atoms with Crippen LogP contribution in [0.15, 0.2) is 75.8 Å². The Balaban J connectivity index is 1.65. The van der Waals surface area contributed by atoms with Crippen molar-refractivity contribution in [1.29, 1.82) is 0 Å². The highest BCUT2D eigenvalue weighted by Crippen LogP contribution is 2.40. The maximum absolute atomic E-state index is 14.2. The first kappa shape index (κ1) is 19.5. The lowest BCUT2D eigenvalue weighted by atomic mass is 10.00. The van der Waals surface area contributed by atoms with Crippen molar-refractivity contribution in [1.82, 2.24) is 4.90 Å². The molecule has 1 atom stereocenters. The molecule has 158 valence electrons. The molecule has 2 aromatic heterocycles. The van der Waals surface area contributed by atoms with Gasteiger partial charge in [-0.15, -0.1) is 0 Å². The van der Waals surface area contributed by atoms with Crippen LogP contribution in [0.2, 0.25) is 0 Å². The quantitative estimate of drug-likeness (QED) is 0.500. The Morgan fingerprint density at radius 2 is 1.87 bits per heavy atom. The number of anilines is 1. The highest BCUT2D eigenvalue weighted by atomic mass is 19.1. The third-order valence-electron chi connectivity index (χ3n) is 5.43. The van der Waals surface area contributed by atoms with E-state index in [1.165, 1.54) is 18.4 Å². The predicted octanol–water partition coefficient (Wildman–Crippen LogP) is 4.84. The number of ether oxygens (including phenoxy) is 1. The van der Waals surface area contributed by atoms with E-state index in [9.17, 15) is 9.18 Å². The number of hydrogen-bond acceptors (Lipinski definition) is 5. The first-order valence-electron chi connectivity index (χ1n) is 10.1. The Morgan fingerprint density at radius 1 is 1.03 bits per heavy atom. The fraction of sp³-hybridized carbons (Fsp3) is 0.208. The molecule has 1 N–H and O–H groups in total. The van der Waals surface area contributed by atoms with Gasteiger partial charge in [-0.1, -0.05) is 24.3 Å². The molecule has 3 heterocycles. The number of hydrogen-bond donors (Lipinski definition) is 1. The molecular formula is C24H21FN2O4. The molecule has 1 aliphatic rings. The summed E-state index contributed by atoms with van der Waals surface area (Å²) in [4.78, 5) is 15.0. The minimum absolute atomic E-state index is 0.199. The minimum atomic E-state index is -0.390. The van der Waals surface area contributed by atoms with E-state index in [-0.39, 0.29) is 23.5 Å². The van der Waals surface area contributed by atoms with Gasteiger partial charge >= 0.3 is 0 Å². The Bertz CT molecular complexity index is 1200. The third-order valence-corrected chi connectivity index (χ3v) is 5.43. The van der Waals surface area contributed by atoms with E-state index in [1.54, 1.807) is 18.2 Å². The summed E-state index contributed by atoms with van der Waals surface area (Å²) >= 11 is 0. The first-order chi connectivity index (χ1) is 15.2. The van der Waals surface area contributed by atoms with Gasteiger partial charge in [0, 0.05) is 18.5 Å². The van der Waals surface area contributed by atoms with Gasteiger partial charge in [-0.25, -0.2) is 4.39 Å². The predicted molar refractivity (Wildman–Crippen MR) is 114 cm³/mol. The Hall–Kier alpha value is -3.42. The van der Waals surface area contributed by atoms with E-state index in [1.807, 2.05) is 30.3 Å². The van der Waals surface area contributed by atoms with E-state index in [4.69, 9.17) is 13.6 Å². The van der Waals surface area contributed by atoms with Crippen molar-refractivity contribution in [2.45, 2.75) is 6.04 Å². The van der Waals surface area contributed by atoms with E-state index >= 15 is 0 Å². The molecule has 2 aromatic carbocycles. The second kappa shape index (κ2) is 8.37. The summed E-state index contributed by atoms with van der Waals surface area (Å²) in [6.07, 6.45) is 1.45. The Kier molecular flexibility index (Phi) is 5.28. The van der Waals surface area contributed by atoms with Crippen LogP contribution in [0.25, 0.3) is 11.0 Å². The van der Waals surface area contributed by atoms with Gasteiger partial charge in [-0.05, 0) is 42.0 Å². The van der Waals surface area contributed by atoms with Crippen LogP contribution in [0.5, 0.6) is 0 Å². The topological polar surface area (TPSA) is 67.9 Å². The van der Waals surface area contributed by atoms with Crippen LogP contribution in [-0.2, 0) is 4.74 Å². The number of carbonyl (C=O) groups excluding carboxylic acids is 1. The number of carbonyl (C=O) groups is 1. The molecule has 7 heteroatoms. The number of amides is 1. The van der Waals surface area contributed by atoms with Crippen LogP contribution in [-0.4, -0.2) is 37.1 Å². The zero-order valence-electron chi connectivity index (χ0n) is 16.7. The molecular weight excluding hydrogens is 399 g/mol. The number of furan rings is 2. The van der Waals surface area contributed by atoms with Gasteiger partial charge in [-0.3, -0.25) is 9.69 Å². The molecule has 0 radical (unpaired) electrons. The van der Waals surface area contributed by atoms with E-state index in [0.717, 1.165) is 10.9 Å². The summed E-state index contributed by atoms with van der Waals surface area (Å²) in [7, 11) is 0. The lowest BCUT2D eigenvalue weighted by molar-refractivity contribution is 0.0205. The van der Waals surface area contributed by atoms with Crippen LogP contribution in [0.1, 0.15) is 27.9 Å². The number of halogens is 1. The van der Waals surface area contributed by atoms with Crippen molar-refractivity contribution in [2.24, 2.45) is 0 Å². The lowest BCUT2D eigenvalue weighted by Gasteiger charge is -2.34. The van der Waals surface area contributed by atoms with Crippen molar-refractivity contribution in [3.8, 4) is 0 Å². The maximum atomic E-state index is 14.2. The molecule has 1 amide bonds. The van der Waals surface area contributed by atoms with Crippen LogP contribution in [0.3, 0.4) is 0 Å². The molecule has 1 aliphatic heterocycles. The van der Waals surface area contributed by atoms with E-state index in [2.05, 4.69) is 10.2 Å². The summed E-state index contributed by atoms with van der Waals surface area (Å²) in [5.74, 6) is 0.0457. The van der Waals surface area contributed by atoms with Crippen molar-refractivity contribution >= 4 is 22.6 Å². The van der Waals surface area contributed by atoms with Crippen LogP contribution >= 0.6 is 0 Å². The number of nitrogens with zero attached hydrogens (tertiary/aromatic N) is 1. The number of nitrogens with one attached hydrogen (secondary N) is 1. The monoisotopic (exact) mass is 420 g/mol. The second-order valence-electron chi connectivity index (χ2n) is 7.37. The zero-order chi connectivity index (χ0) is 21.2. The van der Waals surface area contributed by atoms with Crippen molar-refractivity contribution in [3.63, 3.8) is 0 Å². The Labute approximate surface area is 178 Å². The maximum Gasteiger partial charge on any atom is 0.291 e. The summed E-state index contributed by atoms with van der Waals surface area (Å²) in [6.45, 7) is 2.45. The molecule has 4 aromatic rings. The molecule has 31 heavy (non-hydrogen) atoms. The SMILES string of the molecule is O=C(Nc1c(C(c2cccc(F)c2)N2CCOCC2)oc2ccccc12)c1ccco1. The van der Waals surface area contributed by atoms with Crippen molar-refractivity contribution in [2.75, 3.05) is 31.6 Å². The van der Waals surface area contributed by atoms with Crippen LogP contribution in [0, 0.1) is 5.82 Å². The van der Waals surface area contributed by atoms with Gasteiger partial charge in [0.05, 0.1) is 31.2 Å². The highest BCUT2D eigenvalue weighted by molar-refractivity contribution is 6.08. The Morgan fingerprint density at radius 3 is 2.65 bits per heavy atom. The molecule has 0 bridgehead atoms. The average molecular weight is 420 g/mol. The number of benzene rings is 2. The third kappa shape index (κ3) is 3.85. The van der Waals surface area contributed by atoms with Crippen molar-refractivity contribution in [3.05, 3.63) is 89.8 Å². The first-order valence-corrected chi connectivity index (χ1v) is 10.1. The number of para-hydroxylation sites is 1. The van der Waals surface area contributed by atoms with Gasteiger partial charge in [0.25, 0.3) is 5.91 Å². The molecule has 1 saturated heterocycles. The normalized spacial score (nSPS) is 15.8. The highest BCUT2D eigenvalue weighted by Gasteiger charge is 2.32. The second-order valence-corrected chi connectivity index (χ2v) is 7.37. The van der Waals surface area contributed by atoms with Gasteiger partial charge in [-0.2, -0.15) is 0 Å². The van der Waals surface area contributed by atoms with Crippen LogP contribution in [0.4, 0.5) is 10.1 Å². The van der Waals surface area contributed by atoms with Gasteiger partial charge in [0.1, 0.15) is 17.2 Å². The molecule has 1 unspecified atom stereocenters. The number of morpholine rings is 1. The molecule has 5 rings (SSSR count). The zero-order valence-corrected chi connectivity index (χ0v) is 16.7. The fourth-order valence-electron chi connectivity index (χ4n) is 4.01. The van der Waals surface area contributed by atoms with E-state index in [0.29, 0.717) is 43.3 Å². The summed E-state index contributed by atoms with van der Waals surface area (Å²) in [5.41, 5.74) is 1.94. The summed E-state index contributed by atoms with van der Waals surface area (Å²) in [5, 5.41) is 3.73. The van der Waals surface area contributed by atoms with Crippen LogP contribution < -0.4 is 5.32 Å². The lowest BCUT2D eigenvalue weighted by Crippen LogP contribution is -2.39. The van der Waals surface area contributed by atoms with Gasteiger partial charge in [0.15, 0.2) is 5.76 Å². The van der Waals surface area contributed by atoms with Crippen molar-refractivity contribution < 1.29 is 22.8 Å². The summed E-state index contributed by atoms with van der Waals surface area (Å²) < 4.78 is 31.2. The molecule has 0 aliphatic carbocycles. The molecule has 0 spiro atoms. The summed E-state index contributed by atoms with van der Waals surface area (Å²) in [6, 6.07) is 16.8. The minimum Gasteiger partial charge on any atom is -0.459 e. The molecule has 1 fully saturated rings. The molecule has 0 saturated carbocycles. The largest absolute Gasteiger partial charge is 0.459 e. The number of fused-ring (bicyclic) bond motifs is 1. The number of rotatable bonds is 5. The standard InChI is InChI=1S/C24H21FN2O4/c25-17-6-3-5-16(15-17)22(27-10-13-29-14-11-27)23-21(18-7-1-2-8-19(18)31-23)26-24(28)20-9-4-12-30-20/h1-9,12,15,22H,10-11,13-14H2,(H,26,28). The smallest absolute Gasteiger partial charge is 0.291 e. The van der Waals surface area contributed by atoms with Gasteiger partial charge in [0.2, 0.25) is 0 Å². The average Bonchev–Trinajstić information content (AvgIpc) is 3.44. The fourth-order valence-corrected chi connectivity index (χ4v) is 4.01. The van der Waals surface area contributed by atoms with E-state index < -0.39 is 0 Å².